The Morgan fingerprint density at radius 3 is 1.94 bits per heavy atom. The van der Waals surface area contributed by atoms with Crippen molar-refractivity contribution in [3.63, 3.8) is 0 Å². The molecule has 0 unspecified atom stereocenters. The molecule has 0 aliphatic carbocycles. The maximum atomic E-state index is 11.8. The van der Waals surface area contributed by atoms with E-state index in [-0.39, 0.29) is 73.5 Å². The van der Waals surface area contributed by atoms with Gasteiger partial charge in [-0.05, 0) is 36.6 Å². The molecular formula is C25H35KO5S. The van der Waals surface area contributed by atoms with Crippen molar-refractivity contribution in [2.45, 2.75) is 88.9 Å². The molecule has 5 nitrogen and oxygen atoms in total. The Hall–Kier alpha value is -0.414. The molecule has 1 N–H and O–H groups in total. The number of unbranched alkanes of at least 4 members (excludes halogenated alkanes) is 10. The van der Waals surface area contributed by atoms with E-state index in [0.717, 1.165) is 24.8 Å². The van der Waals surface area contributed by atoms with Gasteiger partial charge in [-0.3, -0.25) is 4.55 Å². The van der Waals surface area contributed by atoms with Crippen LogP contribution >= 0.6 is 0 Å². The molecule has 0 spiro atoms. The number of aryl methyl sites for hydroxylation is 1. The van der Waals surface area contributed by atoms with Crippen molar-refractivity contribution in [3.05, 3.63) is 48.0 Å². The van der Waals surface area contributed by atoms with Gasteiger partial charge >= 0.3 is 51.4 Å². The quantitative estimate of drug-likeness (QED) is 0.236. The molecule has 2 rings (SSSR count). The van der Waals surface area contributed by atoms with Gasteiger partial charge < -0.3 is 9.84 Å². The van der Waals surface area contributed by atoms with Crippen LogP contribution in [-0.2, 0) is 16.5 Å². The van der Waals surface area contributed by atoms with Crippen LogP contribution in [0.5, 0.6) is 17.2 Å². The number of hydrogen-bond acceptors (Lipinski definition) is 4. The second kappa shape index (κ2) is 16.3. The van der Waals surface area contributed by atoms with Gasteiger partial charge in [-0.2, -0.15) is 8.42 Å². The zero-order valence-electron chi connectivity index (χ0n) is 19.5. The van der Waals surface area contributed by atoms with Crippen molar-refractivity contribution < 1.29 is 74.2 Å². The van der Waals surface area contributed by atoms with E-state index in [4.69, 9.17) is 4.74 Å². The molecule has 2 aromatic rings. The molecule has 0 atom stereocenters. The van der Waals surface area contributed by atoms with Crippen molar-refractivity contribution in [1.29, 1.82) is 0 Å². The minimum absolute atomic E-state index is 0. The molecule has 0 heterocycles. The van der Waals surface area contributed by atoms with Crippen molar-refractivity contribution in [3.8, 4) is 17.2 Å². The topological polar surface area (TPSA) is 86.7 Å². The smallest absolute Gasteiger partial charge is 0.870 e. The Balaban J connectivity index is 0.00000512. The molecule has 0 saturated carbocycles. The monoisotopic (exact) mass is 486 g/mol. The van der Waals surface area contributed by atoms with Crippen LogP contribution in [0.2, 0.25) is 0 Å². The summed E-state index contributed by atoms with van der Waals surface area (Å²) in [6, 6.07) is 10.7. The van der Waals surface area contributed by atoms with E-state index < -0.39 is 10.1 Å². The average Bonchev–Trinajstić information content (AvgIpc) is 2.73. The summed E-state index contributed by atoms with van der Waals surface area (Å²) in [5, 5.41) is 11.8. The molecular weight excluding hydrogens is 451 g/mol. The predicted octanol–water partition coefficient (Wildman–Crippen LogP) is 3.66. The van der Waals surface area contributed by atoms with Crippen LogP contribution in [0.25, 0.3) is 0 Å². The maximum Gasteiger partial charge on any atom is 1.00 e. The average molecular weight is 487 g/mol. The molecule has 0 radical (unpaired) electrons. The van der Waals surface area contributed by atoms with E-state index in [1.165, 1.54) is 82.1 Å². The summed E-state index contributed by atoms with van der Waals surface area (Å²) in [6.07, 6.45) is 14.5. The van der Waals surface area contributed by atoms with Gasteiger partial charge in [0.25, 0.3) is 10.1 Å². The Kier molecular flexibility index (Phi) is 15.0. The first-order valence-electron chi connectivity index (χ1n) is 11.5. The van der Waals surface area contributed by atoms with Gasteiger partial charge in [0.1, 0.15) is 16.4 Å². The van der Waals surface area contributed by atoms with Crippen molar-refractivity contribution >= 4 is 10.1 Å². The van der Waals surface area contributed by atoms with Gasteiger partial charge in [-0.15, -0.1) is 0 Å². The van der Waals surface area contributed by atoms with Gasteiger partial charge in [-0.1, -0.05) is 101 Å². The van der Waals surface area contributed by atoms with Gasteiger partial charge in [-0.25, -0.2) is 0 Å². The molecule has 0 fully saturated rings. The molecule has 0 bridgehead atoms. The van der Waals surface area contributed by atoms with Gasteiger partial charge in [0.15, 0.2) is 0 Å². The second-order valence-corrected chi connectivity index (χ2v) is 9.48. The van der Waals surface area contributed by atoms with Crippen LogP contribution in [-0.4, -0.2) is 13.0 Å². The standard InChI is InChI=1S/C25H36O5S.K/c1-2-3-4-5-6-7-8-9-10-11-12-15-21-18-19-24(25(20-21)31(27,28)29)30-23-17-14-13-16-22(23)26;/h13-14,16-20,26H,2-12,15H2,1H3,(H,27,28,29);/q;+1/p-1. The summed E-state index contributed by atoms with van der Waals surface area (Å²) < 4.78 is 38.8. The third kappa shape index (κ3) is 11.1. The van der Waals surface area contributed by atoms with Gasteiger partial charge in [0.2, 0.25) is 0 Å². The fourth-order valence-electron chi connectivity index (χ4n) is 3.64. The number of rotatable bonds is 15. The summed E-state index contributed by atoms with van der Waals surface area (Å²) >= 11 is 0. The molecule has 2 aromatic carbocycles. The SMILES string of the molecule is CCCCCCCCCCCCCc1ccc(Oc2ccccc2[O-])c(S(=O)(=O)O)c1.[K+]. The summed E-state index contributed by atoms with van der Waals surface area (Å²) in [5.41, 5.74) is 0.825. The largest absolute Gasteiger partial charge is 1.00 e. The minimum atomic E-state index is -4.47. The maximum absolute atomic E-state index is 11.8. The van der Waals surface area contributed by atoms with E-state index in [2.05, 4.69) is 6.92 Å². The fourth-order valence-corrected chi connectivity index (χ4v) is 4.30. The molecule has 0 aliphatic heterocycles. The first-order chi connectivity index (χ1) is 14.9. The molecule has 0 saturated heterocycles. The van der Waals surface area contributed by atoms with E-state index in [9.17, 15) is 18.1 Å². The van der Waals surface area contributed by atoms with Crippen molar-refractivity contribution in [2.75, 3.05) is 0 Å². The Morgan fingerprint density at radius 2 is 1.38 bits per heavy atom. The minimum Gasteiger partial charge on any atom is -0.870 e. The van der Waals surface area contributed by atoms with Gasteiger partial charge in [0.05, 0.1) is 0 Å². The van der Waals surface area contributed by atoms with E-state index >= 15 is 0 Å². The normalized spacial score (nSPS) is 11.2. The van der Waals surface area contributed by atoms with Crippen LogP contribution < -0.4 is 61.2 Å². The molecule has 7 heteroatoms. The zero-order valence-corrected chi connectivity index (χ0v) is 23.5. The number of para-hydroxylation sites is 2. The van der Waals surface area contributed by atoms with Crippen molar-refractivity contribution in [1.82, 2.24) is 0 Å². The zero-order chi connectivity index (χ0) is 22.5. The summed E-state index contributed by atoms with van der Waals surface area (Å²) in [5.74, 6) is -0.382. The number of ether oxygens (including phenoxy) is 1. The van der Waals surface area contributed by atoms with E-state index in [1.807, 2.05) is 0 Å². The third-order valence-electron chi connectivity index (χ3n) is 5.42. The summed E-state index contributed by atoms with van der Waals surface area (Å²) in [7, 11) is -4.47. The van der Waals surface area contributed by atoms with Crippen LogP contribution in [0, 0.1) is 0 Å². The number of benzene rings is 2. The predicted molar refractivity (Wildman–Crippen MR) is 122 cm³/mol. The van der Waals surface area contributed by atoms with E-state index in [1.54, 1.807) is 18.2 Å². The molecule has 0 aromatic heterocycles. The Bertz CT molecular complexity index is 899. The van der Waals surface area contributed by atoms with E-state index in [0.29, 0.717) is 0 Å². The first kappa shape index (κ1) is 29.6. The molecule has 0 aliphatic rings. The third-order valence-corrected chi connectivity index (χ3v) is 6.30. The molecule has 32 heavy (non-hydrogen) atoms. The Morgan fingerprint density at radius 1 is 0.812 bits per heavy atom. The summed E-state index contributed by atoms with van der Waals surface area (Å²) in [6.45, 7) is 2.24. The molecule has 0 amide bonds. The molecule has 172 valence electrons. The second-order valence-electron chi connectivity index (χ2n) is 8.09. The first-order valence-corrected chi connectivity index (χ1v) is 12.9. The number of hydrogen-bond donors (Lipinski definition) is 1. The summed E-state index contributed by atoms with van der Waals surface area (Å²) in [4.78, 5) is -0.309. The van der Waals surface area contributed by atoms with Crippen LogP contribution in [0.3, 0.4) is 0 Å². The van der Waals surface area contributed by atoms with Crippen LogP contribution in [0.4, 0.5) is 0 Å². The Labute approximate surface area is 236 Å². The fraction of sp³-hybridized carbons (Fsp3) is 0.520. The van der Waals surface area contributed by atoms with Gasteiger partial charge in [0, 0.05) is 0 Å². The van der Waals surface area contributed by atoms with Crippen LogP contribution in [0.1, 0.15) is 83.1 Å². The van der Waals surface area contributed by atoms with Crippen molar-refractivity contribution in [2.24, 2.45) is 0 Å². The van der Waals surface area contributed by atoms with Crippen LogP contribution in [0.15, 0.2) is 47.4 Å².